The Morgan fingerprint density at radius 1 is 1.22 bits per heavy atom. The van der Waals surface area contributed by atoms with Gasteiger partial charge in [-0.1, -0.05) is 12.1 Å². The zero-order chi connectivity index (χ0) is 12.1. The van der Waals surface area contributed by atoms with Crippen LogP contribution in [0.4, 0.5) is 0 Å². The summed E-state index contributed by atoms with van der Waals surface area (Å²) in [5, 5.41) is 0. The van der Waals surface area contributed by atoms with Crippen molar-refractivity contribution in [3.8, 4) is 17.0 Å². The third-order valence-corrected chi connectivity index (χ3v) is 2.46. The summed E-state index contributed by atoms with van der Waals surface area (Å²) in [6.07, 6.45) is 2.43. The van der Waals surface area contributed by atoms with Gasteiger partial charge in [-0.2, -0.15) is 0 Å². The molecule has 5 heteroatoms. The largest absolute Gasteiger partial charge is 0.496 e. The Morgan fingerprint density at radius 3 is 2.72 bits per heavy atom. The minimum atomic E-state index is 0. The lowest BCUT2D eigenvalue weighted by Gasteiger charge is -2.08. The summed E-state index contributed by atoms with van der Waals surface area (Å²) in [5.41, 5.74) is 7.33. The van der Waals surface area contributed by atoms with Crippen LogP contribution in [0.25, 0.3) is 11.3 Å². The molecule has 4 nitrogen and oxygen atoms in total. The van der Waals surface area contributed by atoms with E-state index in [4.69, 9.17) is 10.5 Å². The quantitative estimate of drug-likeness (QED) is 0.919. The lowest BCUT2D eigenvalue weighted by atomic mass is 10.1. The molecule has 0 spiro atoms. The molecule has 2 rings (SSSR count). The zero-order valence-electron chi connectivity index (χ0n) is 10.2. The minimum Gasteiger partial charge on any atom is -0.496 e. The number of hydrogen-bond donors (Lipinski definition) is 1. The van der Waals surface area contributed by atoms with Crippen molar-refractivity contribution in [1.29, 1.82) is 0 Å². The molecule has 0 fully saturated rings. The number of hydrogen-bond acceptors (Lipinski definition) is 4. The first-order valence-electron chi connectivity index (χ1n) is 5.50. The van der Waals surface area contributed by atoms with Gasteiger partial charge < -0.3 is 10.5 Å². The molecule has 1 aromatic carbocycles. The SMILES string of the molecule is COc1ccccc1-c1ccnc(CCN)n1.Cl. The predicted octanol–water partition coefficient (Wildman–Crippen LogP) is 2.08. The Balaban J connectivity index is 0.00000162. The molecule has 0 amide bonds. The Hall–Kier alpha value is -1.65. The third-order valence-electron chi connectivity index (χ3n) is 2.46. The van der Waals surface area contributed by atoms with E-state index in [1.54, 1.807) is 13.3 Å². The van der Waals surface area contributed by atoms with Crippen molar-refractivity contribution < 1.29 is 4.74 Å². The highest BCUT2D eigenvalue weighted by Gasteiger charge is 2.06. The molecule has 2 N–H and O–H groups in total. The van der Waals surface area contributed by atoms with Gasteiger partial charge in [-0.25, -0.2) is 9.97 Å². The highest BCUT2D eigenvalue weighted by atomic mass is 35.5. The van der Waals surface area contributed by atoms with Gasteiger partial charge in [-0.05, 0) is 24.7 Å². The topological polar surface area (TPSA) is 61.0 Å². The van der Waals surface area contributed by atoms with E-state index in [0.717, 1.165) is 22.8 Å². The third kappa shape index (κ3) is 3.18. The summed E-state index contributed by atoms with van der Waals surface area (Å²) in [4.78, 5) is 8.65. The van der Waals surface area contributed by atoms with Crippen LogP contribution in [0.2, 0.25) is 0 Å². The normalized spacial score (nSPS) is 9.67. The van der Waals surface area contributed by atoms with E-state index in [2.05, 4.69) is 9.97 Å². The molecule has 0 radical (unpaired) electrons. The number of aromatic nitrogens is 2. The standard InChI is InChI=1S/C13H15N3O.ClH/c1-17-12-5-3-2-4-10(12)11-7-9-15-13(16-11)6-8-14;/h2-5,7,9H,6,8,14H2,1H3;1H. The number of methoxy groups -OCH3 is 1. The average molecular weight is 266 g/mol. The van der Waals surface area contributed by atoms with Gasteiger partial charge in [0.1, 0.15) is 11.6 Å². The van der Waals surface area contributed by atoms with Gasteiger partial charge in [-0.15, -0.1) is 12.4 Å². The van der Waals surface area contributed by atoms with E-state index in [9.17, 15) is 0 Å². The molecule has 0 aliphatic rings. The molecule has 0 atom stereocenters. The van der Waals surface area contributed by atoms with Gasteiger partial charge in [0.15, 0.2) is 0 Å². The van der Waals surface area contributed by atoms with E-state index >= 15 is 0 Å². The highest BCUT2D eigenvalue weighted by Crippen LogP contribution is 2.27. The van der Waals surface area contributed by atoms with Crippen LogP contribution < -0.4 is 10.5 Å². The van der Waals surface area contributed by atoms with Crippen LogP contribution in [-0.4, -0.2) is 23.6 Å². The van der Waals surface area contributed by atoms with E-state index in [-0.39, 0.29) is 12.4 Å². The lowest BCUT2D eigenvalue weighted by molar-refractivity contribution is 0.416. The number of nitrogens with zero attached hydrogens (tertiary/aromatic N) is 2. The molecule has 0 saturated carbocycles. The van der Waals surface area contributed by atoms with Crippen LogP contribution in [0, 0.1) is 0 Å². The Labute approximate surface area is 113 Å². The summed E-state index contributed by atoms with van der Waals surface area (Å²) < 4.78 is 5.31. The number of benzene rings is 1. The smallest absolute Gasteiger partial charge is 0.130 e. The average Bonchev–Trinajstić information content (AvgIpc) is 2.39. The summed E-state index contributed by atoms with van der Waals surface area (Å²) in [5.74, 6) is 1.57. The Morgan fingerprint density at radius 2 is 2.00 bits per heavy atom. The summed E-state index contributed by atoms with van der Waals surface area (Å²) in [6, 6.07) is 9.66. The number of halogens is 1. The first kappa shape index (κ1) is 14.4. The number of nitrogens with two attached hydrogens (primary N) is 1. The molecule has 1 aromatic heterocycles. The van der Waals surface area contributed by atoms with Crippen molar-refractivity contribution in [1.82, 2.24) is 9.97 Å². The van der Waals surface area contributed by atoms with Gasteiger partial charge in [0.05, 0.1) is 12.8 Å². The molecular weight excluding hydrogens is 250 g/mol. The first-order valence-corrected chi connectivity index (χ1v) is 5.50. The summed E-state index contributed by atoms with van der Waals surface area (Å²) >= 11 is 0. The Kier molecular flexibility index (Phi) is 5.55. The van der Waals surface area contributed by atoms with E-state index in [1.807, 2.05) is 30.3 Å². The molecule has 96 valence electrons. The molecule has 2 aromatic rings. The van der Waals surface area contributed by atoms with Crippen LogP contribution >= 0.6 is 12.4 Å². The number of para-hydroxylation sites is 1. The number of ether oxygens (including phenoxy) is 1. The van der Waals surface area contributed by atoms with Crippen molar-refractivity contribution in [3.63, 3.8) is 0 Å². The van der Waals surface area contributed by atoms with Gasteiger partial charge in [0, 0.05) is 18.2 Å². The van der Waals surface area contributed by atoms with Crippen molar-refractivity contribution in [2.24, 2.45) is 5.73 Å². The van der Waals surface area contributed by atoms with Gasteiger partial charge in [0.25, 0.3) is 0 Å². The molecule has 0 aliphatic heterocycles. The second-order valence-electron chi connectivity index (χ2n) is 3.60. The predicted molar refractivity (Wildman–Crippen MR) is 74.0 cm³/mol. The molecule has 0 saturated heterocycles. The van der Waals surface area contributed by atoms with Crippen LogP contribution in [0.5, 0.6) is 5.75 Å². The van der Waals surface area contributed by atoms with Crippen molar-refractivity contribution in [2.75, 3.05) is 13.7 Å². The van der Waals surface area contributed by atoms with Crippen LogP contribution in [0.15, 0.2) is 36.5 Å². The second kappa shape index (κ2) is 6.93. The summed E-state index contributed by atoms with van der Waals surface area (Å²) in [6.45, 7) is 0.551. The van der Waals surface area contributed by atoms with Crippen LogP contribution in [-0.2, 0) is 6.42 Å². The van der Waals surface area contributed by atoms with Crippen molar-refractivity contribution >= 4 is 12.4 Å². The van der Waals surface area contributed by atoms with E-state index < -0.39 is 0 Å². The van der Waals surface area contributed by atoms with E-state index in [0.29, 0.717) is 13.0 Å². The van der Waals surface area contributed by atoms with Crippen LogP contribution in [0.1, 0.15) is 5.82 Å². The minimum absolute atomic E-state index is 0. The maximum Gasteiger partial charge on any atom is 0.130 e. The highest BCUT2D eigenvalue weighted by molar-refractivity contribution is 5.85. The molecule has 0 unspecified atom stereocenters. The second-order valence-corrected chi connectivity index (χ2v) is 3.60. The summed E-state index contributed by atoms with van der Waals surface area (Å²) in [7, 11) is 1.65. The molecule has 1 heterocycles. The van der Waals surface area contributed by atoms with Gasteiger partial charge in [-0.3, -0.25) is 0 Å². The van der Waals surface area contributed by atoms with Crippen molar-refractivity contribution in [2.45, 2.75) is 6.42 Å². The monoisotopic (exact) mass is 265 g/mol. The Bertz CT molecular complexity index is 505. The fourth-order valence-electron chi connectivity index (χ4n) is 1.65. The van der Waals surface area contributed by atoms with Crippen molar-refractivity contribution in [3.05, 3.63) is 42.4 Å². The van der Waals surface area contributed by atoms with E-state index in [1.165, 1.54) is 0 Å². The maximum absolute atomic E-state index is 5.50. The van der Waals surface area contributed by atoms with Gasteiger partial charge in [0.2, 0.25) is 0 Å². The lowest BCUT2D eigenvalue weighted by Crippen LogP contribution is -2.06. The van der Waals surface area contributed by atoms with Crippen LogP contribution in [0.3, 0.4) is 0 Å². The maximum atomic E-state index is 5.50. The molecular formula is C13H16ClN3O. The molecule has 0 aliphatic carbocycles. The fraction of sp³-hybridized carbons (Fsp3) is 0.231. The molecule has 18 heavy (non-hydrogen) atoms. The molecule has 0 bridgehead atoms. The zero-order valence-corrected chi connectivity index (χ0v) is 11.0. The number of rotatable bonds is 4. The van der Waals surface area contributed by atoms with Gasteiger partial charge >= 0.3 is 0 Å². The first-order chi connectivity index (χ1) is 8.35. The fourth-order valence-corrected chi connectivity index (χ4v) is 1.65.